The first-order valence-corrected chi connectivity index (χ1v) is 13.5. The minimum atomic E-state index is -5.01. The number of carbonyl (C=O) groups is 1. The molecule has 1 aliphatic carbocycles. The number of halogens is 6. The molecule has 0 N–H and O–H groups in total. The number of hydrogen-bond acceptors (Lipinski definition) is 3. The van der Waals surface area contributed by atoms with Gasteiger partial charge in [0.25, 0.3) is 5.91 Å². The highest BCUT2D eigenvalue weighted by atomic mass is 19.4. The third-order valence-corrected chi connectivity index (χ3v) is 8.14. The summed E-state index contributed by atoms with van der Waals surface area (Å²) >= 11 is 0. The van der Waals surface area contributed by atoms with E-state index >= 15 is 0 Å². The number of carbonyl (C=O) groups excluding carboxylic acids is 1. The van der Waals surface area contributed by atoms with E-state index in [1.165, 1.54) is 17.7 Å². The number of amides is 1. The average Bonchev–Trinajstić information content (AvgIpc) is 3.75. The highest BCUT2D eigenvalue weighted by Gasteiger charge is 2.40. The van der Waals surface area contributed by atoms with E-state index in [2.05, 4.69) is 4.90 Å². The molecular formula is C29H32F6N2O2. The summed E-state index contributed by atoms with van der Waals surface area (Å²) in [6.07, 6.45) is -4.89. The summed E-state index contributed by atoms with van der Waals surface area (Å²) in [7, 11) is 0. The van der Waals surface area contributed by atoms with Crippen LogP contribution in [0.3, 0.4) is 0 Å². The maximum Gasteiger partial charge on any atom is 0.416 e. The Labute approximate surface area is 223 Å². The third kappa shape index (κ3) is 6.77. The SMILES string of the molecule is O=C(c1cc(C(F)(F)F)cc(C(F)(F)F)c1)N1CC[C@@H](N2CCC(OCC3CC3)CC2)[C@@H](c2ccccc2)C1. The Balaban J connectivity index is 1.34. The molecule has 3 aliphatic rings. The van der Waals surface area contributed by atoms with Gasteiger partial charge in [-0.15, -0.1) is 0 Å². The van der Waals surface area contributed by atoms with Gasteiger partial charge in [0.1, 0.15) is 0 Å². The first-order valence-electron chi connectivity index (χ1n) is 13.5. The topological polar surface area (TPSA) is 32.8 Å². The number of alkyl halides is 6. The van der Waals surface area contributed by atoms with Gasteiger partial charge in [0, 0.05) is 50.3 Å². The van der Waals surface area contributed by atoms with Crippen LogP contribution in [0.5, 0.6) is 0 Å². The summed E-state index contributed by atoms with van der Waals surface area (Å²) < 4.78 is 86.4. The normalized spacial score (nSPS) is 23.7. The van der Waals surface area contributed by atoms with Crippen molar-refractivity contribution >= 4 is 5.91 Å². The van der Waals surface area contributed by atoms with Crippen LogP contribution in [0.4, 0.5) is 26.3 Å². The molecule has 1 saturated carbocycles. The highest BCUT2D eigenvalue weighted by molar-refractivity contribution is 5.95. The molecule has 4 nitrogen and oxygen atoms in total. The van der Waals surface area contributed by atoms with Crippen LogP contribution in [-0.4, -0.2) is 60.6 Å². The van der Waals surface area contributed by atoms with Crippen LogP contribution in [0.25, 0.3) is 0 Å². The molecule has 0 aromatic heterocycles. The molecule has 0 bridgehead atoms. The number of ether oxygens (including phenoxy) is 1. The van der Waals surface area contributed by atoms with Crippen molar-refractivity contribution in [3.8, 4) is 0 Å². The summed E-state index contributed by atoms with van der Waals surface area (Å²) in [5.74, 6) is -0.240. The molecular weight excluding hydrogens is 522 g/mol. The second-order valence-electron chi connectivity index (χ2n) is 10.9. The van der Waals surface area contributed by atoms with E-state index in [9.17, 15) is 31.1 Å². The second kappa shape index (κ2) is 11.1. The first kappa shape index (κ1) is 28.0. The molecule has 2 aromatic carbocycles. The maximum absolute atomic E-state index is 13.4. The lowest BCUT2D eigenvalue weighted by molar-refractivity contribution is -0.143. The predicted molar refractivity (Wildman–Crippen MR) is 133 cm³/mol. The van der Waals surface area contributed by atoms with Crippen LogP contribution < -0.4 is 0 Å². The van der Waals surface area contributed by atoms with Crippen LogP contribution in [-0.2, 0) is 17.1 Å². The zero-order valence-corrected chi connectivity index (χ0v) is 21.5. The van der Waals surface area contributed by atoms with Gasteiger partial charge in [-0.2, -0.15) is 26.3 Å². The standard InChI is InChI=1S/C29H32F6N2O2/c30-28(31,32)22-14-21(15-23(16-22)29(33,34)35)27(38)37-13-10-26(25(17-37)20-4-2-1-3-5-20)36-11-8-24(9-12-36)39-18-19-6-7-19/h1-5,14-16,19,24-26H,6-13,17-18H2/t25-,26-/m1/s1. The van der Waals surface area contributed by atoms with Crippen molar-refractivity contribution in [1.82, 2.24) is 9.80 Å². The van der Waals surface area contributed by atoms with Crippen molar-refractivity contribution in [2.45, 2.75) is 62.5 Å². The van der Waals surface area contributed by atoms with Gasteiger partial charge in [0.15, 0.2) is 0 Å². The van der Waals surface area contributed by atoms with Crippen LogP contribution in [0.15, 0.2) is 48.5 Å². The Morgan fingerprint density at radius 3 is 2.00 bits per heavy atom. The monoisotopic (exact) mass is 554 g/mol. The minimum Gasteiger partial charge on any atom is -0.378 e. The van der Waals surface area contributed by atoms with Crippen molar-refractivity contribution < 1.29 is 35.9 Å². The van der Waals surface area contributed by atoms with Gasteiger partial charge in [-0.1, -0.05) is 30.3 Å². The molecule has 10 heteroatoms. The Morgan fingerprint density at radius 2 is 1.44 bits per heavy atom. The van der Waals surface area contributed by atoms with Crippen molar-refractivity contribution in [2.24, 2.45) is 5.92 Å². The first-order chi connectivity index (χ1) is 18.5. The molecule has 0 spiro atoms. The Hall–Kier alpha value is -2.59. The molecule has 0 radical (unpaired) electrons. The van der Waals surface area contributed by atoms with Crippen molar-refractivity contribution in [3.63, 3.8) is 0 Å². The lowest BCUT2D eigenvalue weighted by atomic mass is 9.83. The van der Waals surface area contributed by atoms with Gasteiger partial charge in [0.05, 0.1) is 17.2 Å². The molecule has 3 fully saturated rings. The van der Waals surface area contributed by atoms with Gasteiger partial charge in [-0.3, -0.25) is 9.69 Å². The third-order valence-electron chi connectivity index (χ3n) is 8.14. The second-order valence-corrected chi connectivity index (χ2v) is 10.9. The van der Waals surface area contributed by atoms with E-state index in [0.29, 0.717) is 24.5 Å². The van der Waals surface area contributed by atoms with Gasteiger partial charge < -0.3 is 9.64 Å². The Kier molecular flexibility index (Phi) is 7.97. The van der Waals surface area contributed by atoms with Crippen LogP contribution in [0, 0.1) is 5.92 Å². The van der Waals surface area contributed by atoms with Crippen LogP contribution >= 0.6 is 0 Å². The molecule has 5 rings (SSSR count). The van der Waals surface area contributed by atoms with E-state index in [4.69, 9.17) is 4.74 Å². The summed E-state index contributed by atoms with van der Waals surface area (Å²) in [4.78, 5) is 17.2. The van der Waals surface area contributed by atoms with Crippen LogP contribution in [0.2, 0.25) is 0 Å². The summed E-state index contributed by atoms with van der Waals surface area (Å²) in [6.45, 7) is 2.98. The summed E-state index contributed by atoms with van der Waals surface area (Å²) in [5, 5.41) is 0. The molecule has 2 saturated heterocycles. The number of benzene rings is 2. The number of nitrogens with zero attached hydrogens (tertiary/aromatic N) is 2. The van der Waals surface area contributed by atoms with Gasteiger partial charge in [-0.05, 0) is 61.8 Å². The summed E-state index contributed by atoms with van der Waals surface area (Å²) in [6, 6.07) is 10.8. The van der Waals surface area contributed by atoms with Gasteiger partial charge in [0.2, 0.25) is 0 Å². The zero-order chi connectivity index (χ0) is 27.8. The fourth-order valence-electron chi connectivity index (χ4n) is 5.78. The van der Waals surface area contributed by atoms with Gasteiger partial charge >= 0.3 is 12.4 Å². The fourth-order valence-corrected chi connectivity index (χ4v) is 5.78. The predicted octanol–water partition coefficient (Wildman–Crippen LogP) is 6.61. The number of piperidine rings is 2. The van der Waals surface area contributed by atoms with Crippen molar-refractivity contribution in [2.75, 3.05) is 32.8 Å². The quantitative estimate of drug-likeness (QED) is 0.377. The van der Waals surface area contributed by atoms with Crippen molar-refractivity contribution in [1.29, 1.82) is 0 Å². The largest absolute Gasteiger partial charge is 0.416 e. The highest BCUT2D eigenvalue weighted by Crippen LogP contribution is 2.38. The Bertz CT molecular complexity index is 1110. The van der Waals surface area contributed by atoms with Crippen molar-refractivity contribution in [3.05, 3.63) is 70.8 Å². The summed E-state index contributed by atoms with van der Waals surface area (Å²) in [5.41, 5.74) is -2.58. The zero-order valence-electron chi connectivity index (χ0n) is 21.5. The minimum absolute atomic E-state index is 0.0494. The van der Waals surface area contributed by atoms with E-state index in [0.717, 1.165) is 38.1 Å². The van der Waals surface area contributed by atoms with E-state index < -0.39 is 35.0 Å². The molecule has 2 heterocycles. The number of likely N-dealkylation sites (tertiary alicyclic amines) is 2. The van der Waals surface area contributed by atoms with E-state index in [1.807, 2.05) is 30.3 Å². The lowest BCUT2D eigenvalue weighted by Gasteiger charge is -2.46. The fraction of sp³-hybridized carbons (Fsp3) is 0.552. The molecule has 1 amide bonds. The average molecular weight is 555 g/mol. The Morgan fingerprint density at radius 1 is 0.821 bits per heavy atom. The van der Waals surface area contributed by atoms with Gasteiger partial charge in [-0.25, -0.2) is 0 Å². The van der Waals surface area contributed by atoms with E-state index in [1.54, 1.807) is 0 Å². The van der Waals surface area contributed by atoms with Crippen LogP contribution in [0.1, 0.15) is 65.1 Å². The number of rotatable bonds is 6. The molecule has 2 aliphatic heterocycles. The lowest BCUT2D eigenvalue weighted by Crippen LogP contribution is -2.53. The molecule has 212 valence electrons. The molecule has 39 heavy (non-hydrogen) atoms. The smallest absolute Gasteiger partial charge is 0.378 e. The maximum atomic E-state index is 13.4. The molecule has 2 aromatic rings. The molecule has 2 atom stereocenters. The van der Waals surface area contributed by atoms with E-state index in [-0.39, 0.29) is 37.2 Å². The number of hydrogen-bond donors (Lipinski definition) is 0. The molecule has 0 unspecified atom stereocenters.